The van der Waals surface area contributed by atoms with Crippen molar-refractivity contribution in [2.75, 3.05) is 0 Å². The molecular formula is C11H12FN. The quantitative estimate of drug-likeness (QED) is 0.680. The fourth-order valence-corrected chi connectivity index (χ4v) is 1.19. The standard InChI is InChI=1S/C11H12FN/c1-8(2)11-4-9(6-12)3-10(5-11)7-13/h3-5,8H,6H2,1-2H3. The van der Waals surface area contributed by atoms with Crippen LogP contribution in [0.3, 0.4) is 0 Å². The van der Waals surface area contributed by atoms with Crippen LogP contribution in [0.2, 0.25) is 0 Å². The predicted molar refractivity (Wildman–Crippen MR) is 50.1 cm³/mol. The van der Waals surface area contributed by atoms with Crippen molar-refractivity contribution in [2.45, 2.75) is 26.4 Å². The van der Waals surface area contributed by atoms with Crippen molar-refractivity contribution in [3.63, 3.8) is 0 Å². The van der Waals surface area contributed by atoms with Crippen LogP contribution in [0.1, 0.15) is 36.5 Å². The highest BCUT2D eigenvalue weighted by Gasteiger charge is 2.03. The van der Waals surface area contributed by atoms with Gasteiger partial charge in [0.25, 0.3) is 0 Å². The Kier molecular flexibility index (Phi) is 3.02. The predicted octanol–water partition coefficient (Wildman–Crippen LogP) is 3.15. The molecule has 0 fully saturated rings. The molecule has 0 amide bonds. The van der Waals surface area contributed by atoms with E-state index >= 15 is 0 Å². The topological polar surface area (TPSA) is 23.8 Å². The van der Waals surface area contributed by atoms with Crippen LogP contribution in [0.15, 0.2) is 18.2 Å². The Hall–Kier alpha value is -1.36. The summed E-state index contributed by atoms with van der Waals surface area (Å²) in [7, 11) is 0. The second-order valence-electron chi connectivity index (χ2n) is 3.36. The van der Waals surface area contributed by atoms with Gasteiger partial charge < -0.3 is 0 Å². The zero-order valence-corrected chi connectivity index (χ0v) is 7.84. The monoisotopic (exact) mass is 177 g/mol. The minimum absolute atomic E-state index is 0.332. The Morgan fingerprint density at radius 2 is 2.08 bits per heavy atom. The molecule has 2 heteroatoms. The molecular weight excluding hydrogens is 165 g/mol. The summed E-state index contributed by atoms with van der Waals surface area (Å²) in [5.41, 5.74) is 2.15. The Balaban J connectivity index is 3.17. The van der Waals surface area contributed by atoms with Crippen molar-refractivity contribution in [1.29, 1.82) is 5.26 Å². The summed E-state index contributed by atoms with van der Waals surface area (Å²) in [6.45, 7) is 3.55. The number of alkyl halides is 1. The average molecular weight is 177 g/mol. The first-order valence-electron chi connectivity index (χ1n) is 4.27. The lowest BCUT2D eigenvalue weighted by atomic mass is 9.98. The number of rotatable bonds is 2. The van der Waals surface area contributed by atoms with E-state index in [1.54, 1.807) is 6.07 Å². The first kappa shape index (κ1) is 9.73. The molecule has 1 rings (SSSR count). The van der Waals surface area contributed by atoms with Crippen molar-refractivity contribution in [3.8, 4) is 6.07 Å². The van der Waals surface area contributed by atoms with Crippen LogP contribution in [0.4, 0.5) is 4.39 Å². The highest BCUT2D eigenvalue weighted by Crippen LogP contribution is 2.18. The van der Waals surface area contributed by atoms with Crippen LogP contribution >= 0.6 is 0 Å². The van der Waals surface area contributed by atoms with Crippen LogP contribution in [0, 0.1) is 11.3 Å². The Morgan fingerprint density at radius 3 is 2.54 bits per heavy atom. The smallest absolute Gasteiger partial charge is 0.115 e. The summed E-state index contributed by atoms with van der Waals surface area (Å²) in [5, 5.41) is 8.69. The lowest BCUT2D eigenvalue weighted by molar-refractivity contribution is 0.484. The first-order valence-corrected chi connectivity index (χ1v) is 4.27. The zero-order chi connectivity index (χ0) is 9.84. The maximum absolute atomic E-state index is 12.4. The second kappa shape index (κ2) is 4.04. The summed E-state index contributed by atoms with van der Waals surface area (Å²) in [4.78, 5) is 0. The molecule has 1 aromatic carbocycles. The maximum atomic E-state index is 12.4. The second-order valence-corrected chi connectivity index (χ2v) is 3.36. The number of hydrogen-bond donors (Lipinski definition) is 0. The molecule has 0 aliphatic carbocycles. The lowest BCUT2D eigenvalue weighted by Crippen LogP contribution is -1.91. The maximum Gasteiger partial charge on any atom is 0.115 e. The van der Waals surface area contributed by atoms with Gasteiger partial charge in [-0.2, -0.15) is 5.26 Å². The van der Waals surface area contributed by atoms with Crippen molar-refractivity contribution in [2.24, 2.45) is 0 Å². The lowest BCUT2D eigenvalue weighted by Gasteiger charge is -2.07. The van der Waals surface area contributed by atoms with Crippen LogP contribution in [0.5, 0.6) is 0 Å². The molecule has 0 saturated carbocycles. The molecule has 1 nitrogen and oxygen atoms in total. The highest BCUT2D eigenvalue weighted by atomic mass is 19.1. The van der Waals surface area contributed by atoms with Crippen LogP contribution < -0.4 is 0 Å². The molecule has 13 heavy (non-hydrogen) atoms. The van der Waals surface area contributed by atoms with Gasteiger partial charge in [0.2, 0.25) is 0 Å². The molecule has 68 valence electrons. The third-order valence-electron chi connectivity index (χ3n) is 1.97. The number of halogens is 1. The molecule has 0 aromatic heterocycles. The van der Waals surface area contributed by atoms with E-state index in [-0.39, 0.29) is 0 Å². The average Bonchev–Trinajstić information content (AvgIpc) is 2.16. The Morgan fingerprint density at radius 1 is 1.38 bits per heavy atom. The molecule has 0 radical (unpaired) electrons. The minimum atomic E-state index is -0.505. The molecule has 1 aromatic rings. The Labute approximate surface area is 77.8 Å². The van der Waals surface area contributed by atoms with Gasteiger partial charge in [-0.05, 0) is 29.2 Å². The van der Waals surface area contributed by atoms with Gasteiger partial charge in [-0.15, -0.1) is 0 Å². The summed E-state index contributed by atoms with van der Waals surface area (Å²) >= 11 is 0. The zero-order valence-electron chi connectivity index (χ0n) is 7.84. The van der Waals surface area contributed by atoms with Gasteiger partial charge >= 0.3 is 0 Å². The van der Waals surface area contributed by atoms with Crippen molar-refractivity contribution in [3.05, 3.63) is 34.9 Å². The van der Waals surface area contributed by atoms with Crippen molar-refractivity contribution >= 4 is 0 Å². The largest absolute Gasteiger partial charge is 0.246 e. The summed E-state index contributed by atoms with van der Waals surface area (Å²) in [5.74, 6) is 0.332. The van der Waals surface area contributed by atoms with E-state index < -0.39 is 6.67 Å². The molecule has 0 heterocycles. The van der Waals surface area contributed by atoms with E-state index in [1.165, 1.54) is 0 Å². The molecule has 0 aliphatic rings. The molecule has 0 saturated heterocycles. The summed E-state index contributed by atoms with van der Waals surface area (Å²) in [6.07, 6.45) is 0. The molecule has 0 aliphatic heterocycles. The number of benzene rings is 1. The van der Waals surface area contributed by atoms with Crippen molar-refractivity contribution < 1.29 is 4.39 Å². The van der Waals surface area contributed by atoms with E-state index in [9.17, 15) is 4.39 Å². The molecule has 0 N–H and O–H groups in total. The SMILES string of the molecule is CC(C)c1cc(C#N)cc(CF)c1. The van der Waals surface area contributed by atoms with Crippen LogP contribution in [0.25, 0.3) is 0 Å². The molecule has 0 spiro atoms. The van der Waals surface area contributed by atoms with E-state index in [0.717, 1.165) is 5.56 Å². The van der Waals surface area contributed by atoms with Gasteiger partial charge in [0.05, 0.1) is 11.6 Å². The fourth-order valence-electron chi connectivity index (χ4n) is 1.19. The van der Waals surface area contributed by atoms with Crippen LogP contribution in [-0.2, 0) is 6.67 Å². The summed E-state index contributed by atoms with van der Waals surface area (Å²) in [6, 6.07) is 7.24. The van der Waals surface area contributed by atoms with Crippen molar-refractivity contribution in [1.82, 2.24) is 0 Å². The minimum Gasteiger partial charge on any atom is -0.246 e. The van der Waals surface area contributed by atoms with E-state index in [2.05, 4.69) is 0 Å². The Bertz CT molecular complexity index is 336. The fraction of sp³-hybridized carbons (Fsp3) is 0.364. The van der Waals surface area contributed by atoms with E-state index in [1.807, 2.05) is 32.0 Å². The van der Waals surface area contributed by atoms with Gasteiger partial charge in [-0.1, -0.05) is 19.9 Å². The van der Waals surface area contributed by atoms with Gasteiger partial charge in [-0.3, -0.25) is 0 Å². The number of hydrogen-bond acceptors (Lipinski definition) is 1. The summed E-state index contributed by atoms with van der Waals surface area (Å²) < 4.78 is 12.4. The molecule has 0 unspecified atom stereocenters. The van der Waals surface area contributed by atoms with Gasteiger partial charge in [-0.25, -0.2) is 4.39 Å². The first-order chi connectivity index (χ1) is 6.17. The van der Waals surface area contributed by atoms with E-state index in [0.29, 0.717) is 17.0 Å². The van der Waals surface area contributed by atoms with Gasteiger partial charge in [0, 0.05) is 0 Å². The van der Waals surface area contributed by atoms with E-state index in [4.69, 9.17) is 5.26 Å². The van der Waals surface area contributed by atoms with Crippen LogP contribution in [-0.4, -0.2) is 0 Å². The normalized spacial score (nSPS) is 10.1. The molecule has 0 bridgehead atoms. The number of nitriles is 1. The van der Waals surface area contributed by atoms with Gasteiger partial charge in [0.1, 0.15) is 6.67 Å². The van der Waals surface area contributed by atoms with Gasteiger partial charge in [0.15, 0.2) is 0 Å². The third kappa shape index (κ3) is 2.29. The highest BCUT2D eigenvalue weighted by molar-refractivity contribution is 5.38. The third-order valence-corrected chi connectivity index (χ3v) is 1.97. The molecule has 0 atom stereocenters. The number of nitrogens with zero attached hydrogens (tertiary/aromatic N) is 1.